The minimum absolute atomic E-state index is 0.0204. The predicted octanol–water partition coefficient (Wildman–Crippen LogP) is 0.397. The fraction of sp³-hybridized carbons (Fsp3) is 0.600. The number of alkyl halides is 3. The molecular formula is C5H7F3N4O. The molecule has 0 aliphatic carbocycles. The van der Waals surface area contributed by atoms with Gasteiger partial charge in [-0.3, -0.25) is 4.74 Å². The number of rotatable bonds is 3. The highest BCUT2D eigenvalue weighted by Crippen LogP contribution is 2.15. The average Bonchev–Trinajstić information content (AvgIpc) is 2.33. The van der Waals surface area contributed by atoms with Crippen molar-refractivity contribution < 1.29 is 17.9 Å². The summed E-state index contributed by atoms with van der Waals surface area (Å²) in [6, 6.07) is 0. The highest BCUT2D eigenvalue weighted by Gasteiger charge is 2.28. The molecule has 0 amide bonds. The lowest BCUT2D eigenvalue weighted by atomic mass is 10.7. The summed E-state index contributed by atoms with van der Waals surface area (Å²) in [4.78, 5) is 3.52. The number of nitrogens with two attached hydrogens (primary N) is 1. The van der Waals surface area contributed by atoms with E-state index in [4.69, 9.17) is 5.73 Å². The Morgan fingerprint density at radius 3 is 2.69 bits per heavy atom. The number of hydrogen-bond donors (Lipinski definition) is 1. The standard InChI is InChI=1S/C5H7F3N4O/c6-5(7,8)13-2-1-12-3-10-4(9)11-12/h3H,1-2H2,(H2,9,11). The van der Waals surface area contributed by atoms with Gasteiger partial charge in [0.1, 0.15) is 6.33 Å². The van der Waals surface area contributed by atoms with Gasteiger partial charge in [0.15, 0.2) is 0 Å². The molecule has 1 rings (SSSR count). The second-order valence-corrected chi connectivity index (χ2v) is 2.16. The van der Waals surface area contributed by atoms with Crippen molar-refractivity contribution in [3.8, 4) is 0 Å². The molecule has 0 saturated carbocycles. The zero-order chi connectivity index (χ0) is 9.90. The first-order valence-corrected chi connectivity index (χ1v) is 3.33. The minimum Gasteiger partial charge on any atom is -0.367 e. The molecule has 74 valence electrons. The Morgan fingerprint density at radius 2 is 2.23 bits per heavy atom. The SMILES string of the molecule is Nc1ncn(CCOC(F)(F)F)n1. The van der Waals surface area contributed by atoms with Crippen molar-refractivity contribution >= 4 is 5.95 Å². The van der Waals surface area contributed by atoms with Crippen molar-refractivity contribution in [3.05, 3.63) is 6.33 Å². The van der Waals surface area contributed by atoms with Crippen LogP contribution in [0.1, 0.15) is 0 Å². The number of nitrogens with zero attached hydrogens (tertiary/aromatic N) is 3. The van der Waals surface area contributed by atoms with E-state index in [1.54, 1.807) is 0 Å². The maximum atomic E-state index is 11.5. The van der Waals surface area contributed by atoms with Crippen LogP contribution >= 0.6 is 0 Å². The van der Waals surface area contributed by atoms with Crippen LogP contribution in [-0.4, -0.2) is 27.7 Å². The highest BCUT2D eigenvalue weighted by atomic mass is 19.4. The van der Waals surface area contributed by atoms with E-state index >= 15 is 0 Å². The van der Waals surface area contributed by atoms with Crippen molar-refractivity contribution in [2.24, 2.45) is 0 Å². The first kappa shape index (κ1) is 9.78. The van der Waals surface area contributed by atoms with Crippen LogP contribution in [-0.2, 0) is 11.3 Å². The van der Waals surface area contributed by atoms with Crippen LogP contribution in [0.15, 0.2) is 6.33 Å². The van der Waals surface area contributed by atoms with E-state index in [-0.39, 0.29) is 12.5 Å². The number of aromatic nitrogens is 3. The smallest absolute Gasteiger partial charge is 0.367 e. The first-order valence-electron chi connectivity index (χ1n) is 3.33. The van der Waals surface area contributed by atoms with Gasteiger partial charge in [-0.2, -0.15) is 0 Å². The molecule has 0 radical (unpaired) electrons. The second kappa shape index (κ2) is 3.60. The molecule has 5 nitrogen and oxygen atoms in total. The third kappa shape index (κ3) is 3.74. The quantitative estimate of drug-likeness (QED) is 0.759. The normalized spacial score (nSPS) is 11.9. The monoisotopic (exact) mass is 196 g/mol. The molecule has 0 aliphatic rings. The Kier molecular flexibility index (Phi) is 2.71. The molecule has 0 aromatic carbocycles. The summed E-state index contributed by atoms with van der Waals surface area (Å²) in [5, 5.41) is 3.57. The number of nitrogen functional groups attached to an aromatic ring is 1. The van der Waals surface area contributed by atoms with E-state index in [2.05, 4.69) is 14.8 Å². The number of hydrogen-bond acceptors (Lipinski definition) is 4. The molecule has 1 aromatic rings. The lowest BCUT2D eigenvalue weighted by Gasteiger charge is -2.06. The summed E-state index contributed by atoms with van der Waals surface area (Å²) in [5.74, 6) is 0.0204. The van der Waals surface area contributed by atoms with Gasteiger partial charge in [-0.1, -0.05) is 0 Å². The highest BCUT2D eigenvalue weighted by molar-refractivity contribution is 5.08. The van der Waals surface area contributed by atoms with Crippen molar-refractivity contribution in [2.45, 2.75) is 12.9 Å². The molecule has 0 spiro atoms. The van der Waals surface area contributed by atoms with Gasteiger partial charge < -0.3 is 5.73 Å². The van der Waals surface area contributed by atoms with E-state index in [1.807, 2.05) is 0 Å². The summed E-state index contributed by atoms with van der Waals surface area (Å²) in [7, 11) is 0. The molecular weight excluding hydrogens is 189 g/mol. The molecule has 2 N–H and O–H groups in total. The van der Waals surface area contributed by atoms with Gasteiger partial charge in [0.2, 0.25) is 5.95 Å². The Hall–Kier alpha value is -1.31. The van der Waals surface area contributed by atoms with Crippen molar-refractivity contribution in [3.63, 3.8) is 0 Å². The number of halogens is 3. The first-order chi connectivity index (χ1) is 5.97. The molecule has 1 heterocycles. The van der Waals surface area contributed by atoms with E-state index in [9.17, 15) is 13.2 Å². The molecule has 1 aromatic heterocycles. The minimum atomic E-state index is -4.61. The molecule has 13 heavy (non-hydrogen) atoms. The predicted molar refractivity (Wildman–Crippen MR) is 36.4 cm³/mol. The molecule has 0 saturated heterocycles. The largest absolute Gasteiger partial charge is 0.522 e. The van der Waals surface area contributed by atoms with Gasteiger partial charge in [0.25, 0.3) is 0 Å². The Balaban J connectivity index is 2.28. The summed E-state index contributed by atoms with van der Waals surface area (Å²) in [6.45, 7) is -0.546. The fourth-order valence-corrected chi connectivity index (χ4v) is 0.672. The van der Waals surface area contributed by atoms with E-state index in [0.717, 1.165) is 0 Å². The van der Waals surface area contributed by atoms with Crippen LogP contribution < -0.4 is 5.73 Å². The fourth-order valence-electron chi connectivity index (χ4n) is 0.672. The van der Waals surface area contributed by atoms with Crippen molar-refractivity contribution in [1.82, 2.24) is 14.8 Å². The Morgan fingerprint density at radius 1 is 1.54 bits per heavy atom. The van der Waals surface area contributed by atoms with Crippen molar-refractivity contribution in [2.75, 3.05) is 12.3 Å². The van der Waals surface area contributed by atoms with Gasteiger partial charge in [-0.25, -0.2) is 9.67 Å². The van der Waals surface area contributed by atoms with Crippen LogP contribution in [0.4, 0.5) is 19.1 Å². The van der Waals surface area contributed by atoms with Crippen LogP contribution in [0.5, 0.6) is 0 Å². The van der Waals surface area contributed by atoms with Gasteiger partial charge in [-0.15, -0.1) is 18.3 Å². The van der Waals surface area contributed by atoms with Crippen LogP contribution in [0.25, 0.3) is 0 Å². The third-order valence-electron chi connectivity index (χ3n) is 1.14. The second-order valence-electron chi connectivity index (χ2n) is 2.16. The van der Waals surface area contributed by atoms with E-state index in [0.29, 0.717) is 0 Å². The molecule has 0 bridgehead atoms. The van der Waals surface area contributed by atoms with Crippen LogP contribution in [0.3, 0.4) is 0 Å². The van der Waals surface area contributed by atoms with Crippen molar-refractivity contribution in [1.29, 1.82) is 0 Å². The summed E-state index contributed by atoms with van der Waals surface area (Å²) in [5.41, 5.74) is 5.13. The molecule has 0 aliphatic heterocycles. The summed E-state index contributed by atoms with van der Waals surface area (Å²) < 4.78 is 39.1. The average molecular weight is 196 g/mol. The summed E-state index contributed by atoms with van der Waals surface area (Å²) in [6.07, 6.45) is -3.37. The lowest BCUT2D eigenvalue weighted by Crippen LogP contribution is -2.17. The molecule has 8 heteroatoms. The van der Waals surface area contributed by atoms with Gasteiger partial charge in [0, 0.05) is 0 Å². The zero-order valence-electron chi connectivity index (χ0n) is 6.45. The van der Waals surface area contributed by atoms with Gasteiger partial charge in [-0.05, 0) is 0 Å². The maximum Gasteiger partial charge on any atom is 0.522 e. The molecule has 0 atom stereocenters. The Labute approximate surface area is 71.3 Å². The van der Waals surface area contributed by atoms with Crippen LogP contribution in [0, 0.1) is 0 Å². The van der Waals surface area contributed by atoms with Crippen LogP contribution in [0.2, 0.25) is 0 Å². The maximum absolute atomic E-state index is 11.5. The molecule has 0 fully saturated rings. The van der Waals surface area contributed by atoms with E-state index in [1.165, 1.54) is 11.0 Å². The zero-order valence-corrected chi connectivity index (χ0v) is 6.45. The third-order valence-corrected chi connectivity index (χ3v) is 1.14. The lowest BCUT2D eigenvalue weighted by molar-refractivity contribution is -0.325. The topological polar surface area (TPSA) is 66.0 Å². The number of ether oxygens (including phenoxy) is 1. The summed E-state index contributed by atoms with van der Waals surface area (Å²) >= 11 is 0. The van der Waals surface area contributed by atoms with Gasteiger partial charge >= 0.3 is 6.36 Å². The number of anilines is 1. The van der Waals surface area contributed by atoms with E-state index < -0.39 is 13.0 Å². The molecule has 0 unspecified atom stereocenters. The van der Waals surface area contributed by atoms with Gasteiger partial charge in [0.05, 0.1) is 13.2 Å². The Bertz CT molecular complexity index is 271.